The van der Waals surface area contributed by atoms with Crippen molar-refractivity contribution in [1.29, 1.82) is 0 Å². The van der Waals surface area contributed by atoms with E-state index in [4.69, 9.17) is 27.9 Å². The minimum absolute atomic E-state index is 0.0735. The minimum Gasteiger partial charge on any atom is -0.492 e. The topological polar surface area (TPSA) is 26.3 Å². The highest BCUT2D eigenvalue weighted by Crippen LogP contribution is 2.34. The molecule has 0 bridgehead atoms. The average molecular weight is 303 g/mol. The van der Waals surface area contributed by atoms with Crippen LogP contribution in [0.5, 0.6) is 5.75 Å². The van der Waals surface area contributed by atoms with Crippen LogP contribution in [0.15, 0.2) is 12.1 Å². The second-order valence-electron chi connectivity index (χ2n) is 5.29. The molecule has 1 rings (SSSR count). The maximum Gasteiger partial charge on any atom is 0.181 e. The van der Waals surface area contributed by atoms with E-state index in [2.05, 4.69) is 13.8 Å². The molecule has 0 fully saturated rings. The van der Waals surface area contributed by atoms with Crippen LogP contribution < -0.4 is 4.74 Å². The Morgan fingerprint density at radius 3 is 2.37 bits per heavy atom. The van der Waals surface area contributed by atoms with Crippen molar-refractivity contribution in [3.05, 3.63) is 28.3 Å². The van der Waals surface area contributed by atoms with Crippen LogP contribution in [0.4, 0.5) is 0 Å². The molecule has 2 nitrogen and oxygen atoms in total. The number of hydrogen-bond acceptors (Lipinski definition) is 2. The van der Waals surface area contributed by atoms with E-state index in [1.807, 2.05) is 19.9 Å². The first-order valence-corrected chi connectivity index (χ1v) is 7.33. The van der Waals surface area contributed by atoms with Crippen molar-refractivity contribution in [3.63, 3.8) is 0 Å². The van der Waals surface area contributed by atoms with E-state index in [0.717, 1.165) is 5.56 Å². The van der Waals surface area contributed by atoms with Crippen LogP contribution in [0.1, 0.15) is 49.5 Å². The number of ketones is 1. The molecule has 0 unspecified atom stereocenters. The lowest BCUT2D eigenvalue weighted by Crippen LogP contribution is -2.12. The molecule has 0 aliphatic heterocycles. The van der Waals surface area contributed by atoms with Gasteiger partial charge in [0.05, 0.1) is 18.1 Å². The summed E-state index contributed by atoms with van der Waals surface area (Å²) in [6.45, 7) is 8.78. The van der Waals surface area contributed by atoms with Crippen LogP contribution in [0, 0.1) is 5.92 Å². The molecule has 4 heteroatoms. The summed E-state index contributed by atoms with van der Waals surface area (Å²) in [5.41, 5.74) is 1.42. The van der Waals surface area contributed by atoms with Gasteiger partial charge in [-0.1, -0.05) is 39.3 Å². The number of halogens is 2. The number of Topliss-reactive ketones (excluding diaryl/α,β-unsaturated/α-hetero) is 1. The zero-order chi connectivity index (χ0) is 14.6. The summed E-state index contributed by atoms with van der Waals surface area (Å²) in [7, 11) is 0. The molecule has 0 heterocycles. The monoisotopic (exact) mass is 302 g/mol. The third-order valence-corrected chi connectivity index (χ3v) is 3.15. The van der Waals surface area contributed by atoms with Gasteiger partial charge in [-0.3, -0.25) is 4.79 Å². The van der Waals surface area contributed by atoms with Crippen LogP contribution in [-0.4, -0.2) is 18.3 Å². The Kier molecular flexibility index (Phi) is 6.15. The van der Waals surface area contributed by atoms with E-state index in [9.17, 15) is 4.79 Å². The molecule has 0 aliphatic rings. The highest BCUT2D eigenvalue weighted by Gasteiger charge is 2.19. The van der Waals surface area contributed by atoms with E-state index < -0.39 is 0 Å². The lowest BCUT2D eigenvalue weighted by molar-refractivity contribution is 0.101. The summed E-state index contributed by atoms with van der Waals surface area (Å²) in [5.74, 6) is 0.997. The fourth-order valence-corrected chi connectivity index (χ4v) is 2.10. The second kappa shape index (κ2) is 7.16. The van der Waals surface area contributed by atoms with Gasteiger partial charge in [0, 0.05) is 5.02 Å². The third kappa shape index (κ3) is 4.39. The fraction of sp³-hybridized carbons (Fsp3) is 0.533. The summed E-state index contributed by atoms with van der Waals surface area (Å²) in [6.07, 6.45) is 0. The van der Waals surface area contributed by atoms with Crippen LogP contribution in [0.25, 0.3) is 0 Å². The number of ether oxygens (including phenoxy) is 1. The zero-order valence-corrected chi connectivity index (χ0v) is 13.3. The average Bonchev–Trinajstić information content (AvgIpc) is 2.34. The second-order valence-corrected chi connectivity index (χ2v) is 5.99. The van der Waals surface area contributed by atoms with Gasteiger partial charge >= 0.3 is 0 Å². The van der Waals surface area contributed by atoms with E-state index in [-0.39, 0.29) is 17.6 Å². The summed E-state index contributed by atoms with van der Waals surface area (Å²) >= 11 is 11.7. The molecule has 0 saturated carbocycles. The zero-order valence-electron chi connectivity index (χ0n) is 11.8. The third-order valence-electron chi connectivity index (χ3n) is 2.69. The number of benzene rings is 1. The maximum absolute atomic E-state index is 11.9. The van der Waals surface area contributed by atoms with Gasteiger partial charge in [0.25, 0.3) is 0 Å². The predicted octanol–water partition coefficient (Wildman–Crippen LogP) is 4.92. The summed E-state index contributed by atoms with van der Waals surface area (Å²) in [4.78, 5) is 11.9. The van der Waals surface area contributed by atoms with Crippen molar-refractivity contribution in [3.8, 4) is 5.75 Å². The highest BCUT2D eigenvalue weighted by atomic mass is 35.5. The Labute approximate surface area is 125 Å². The lowest BCUT2D eigenvalue weighted by Gasteiger charge is -2.19. The van der Waals surface area contributed by atoms with E-state index >= 15 is 0 Å². The summed E-state index contributed by atoms with van der Waals surface area (Å²) < 4.78 is 5.83. The van der Waals surface area contributed by atoms with Gasteiger partial charge in [-0.2, -0.15) is 0 Å². The summed E-state index contributed by atoms with van der Waals surface area (Å²) in [5, 5.41) is 0.536. The van der Waals surface area contributed by atoms with Gasteiger partial charge in [0.1, 0.15) is 5.75 Å². The van der Waals surface area contributed by atoms with Gasteiger partial charge < -0.3 is 4.74 Å². The lowest BCUT2D eigenvalue weighted by atomic mass is 9.97. The van der Waals surface area contributed by atoms with Crippen molar-refractivity contribution in [2.75, 3.05) is 12.5 Å². The largest absolute Gasteiger partial charge is 0.492 e. The Morgan fingerprint density at radius 2 is 1.89 bits per heavy atom. The molecule has 0 aliphatic carbocycles. The Hall–Kier alpha value is -0.730. The molecule has 0 amide bonds. The predicted molar refractivity (Wildman–Crippen MR) is 80.9 cm³/mol. The minimum atomic E-state index is -0.162. The van der Waals surface area contributed by atoms with E-state index in [1.54, 1.807) is 6.07 Å². The molecule has 1 aromatic carbocycles. The molecule has 0 saturated heterocycles. The quantitative estimate of drug-likeness (QED) is 0.551. The van der Waals surface area contributed by atoms with Gasteiger partial charge in [-0.05, 0) is 29.5 Å². The molecular formula is C15H20Cl2O2. The Balaban J connectivity index is 3.29. The van der Waals surface area contributed by atoms with Gasteiger partial charge in [-0.25, -0.2) is 0 Å². The van der Waals surface area contributed by atoms with E-state index in [1.165, 1.54) is 0 Å². The van der Waals surface area contributed by atoms with Crippen LogP contribution in [0.3, 0.4) is 0 Å². The first-order chi connectivity index (χ1) is 8.86. The van der Waals surface area contributed by atoms with Crippen molar-refractivity contribution < 1.29 is 9.53 Å². The number of alkyl halides is 1. The smallest absolute Gasteiger partial charge is 0.181 e. The van der Waals surface area contributed by atoms with Crippen molar-refractivity contribution in [1.82, 2.24) is 0 Å². The number of carbonyl (C=O) groups is 1. The number of carbonyl (C=O) groups excluding carboxylic acids is 1. The van der Waals surface area contributed by atoms with Gasteiger partial charge in [0.15, 0.2) is 5.78 Å². The van der Waals surface area contributed by atoms with Crippen LogP contribution >= 0.6 is 23.2 Å². The van der Waals surface area contributed by atoms with Gasteiger partial charge in [0.2, 0.25) is 0 Å². The van der Waals surface area contributed by atoms with Crippen LogP contribution in [0.2, 0.25) is 5.02 Å². The molecule has 106 valence electrons. The first kappa shape index (κ1) is 16.3. The molecule has 0 radical (unpaired) electrons. The van der Waals surface area contributed by atoms with Crippen molar-refractivity contribution in [2.45, 2.75) is 33.6 Å². The number of hydrogen-bond donors (Lipinski definition) is 0. The number of rotatable bonds is 6. The normalized spacial score (nSPS) is 11.2. The molecule has 0 spiro atoms. The molecular weight excluding hydrogens is 283 g/mol. The SMILES string of the molecule is CC(C)COc1c(C(=O)CCl)cc(Cl)cc1C(C)C. The van der Waals surface area contributed by atoms with Crippen molar-refractivity contribution in [2.24, 2.45) is 5.92 Å². The van der Waals surface area contributed by atoms with Crippen molar-refractivity contribution >= 4 is 29.0 Å². The highest BCUT2D eigenvalue weighted by molar-refractivity contribution is 6.33. The van der Waals surface area contributed by atoms with Crippen LogP contribution in [-0.2, 0) is 0 Å². The summed E-state index contributed by atoms with van der Waals surface area (Å²) in [6, 6.07) is 3.49. The van der Waals surface area contributed by atoms with Gasteiger partial charge in [-0.15, -0.1) is 11.6 Å². The molecule has 1 aromatic rings. The Bertz CT molecular complexity index is 454. The standard InChI is InChI=1S/C15H20Cl2O2/c1-9(2)8-19-15-12(10(3)4)5-11(17)6-13(15)14(18)7-16/h5-6,9-10H,7-8H2,1-4H3. The Morgan fingerprint density at radius 1 is 1.26 bits per heavy atom. The fourth-order valence-electron chi connectivity index (χ4n) is 1.73. The maximum atomic E-state index is 11.9. The molecule has 19 heavy (non-hydrogen) atoms. The van der Waals surface area contributed by atoms with E-state index in [0.29, 0.717) is 28.9 Å². The molecule has 0 atom stereocenters. The molecule has 0 aromatic heterocycles. The first-order valence-electron chi connectivity index (χ1n) is 6.42. The molecule has 0 N–H and O–H groups in total.